The van der Waals surface area contributed by atoms with Crippen molar-refractivity contribution in [3.8, 4) is 0 Å². The number of benzene rings is 1. The van der Waals surface area contributed by atoms with Gasteiger partial charge in [-0.05, 0) is 44.0 Å². The van der Waals surface area contributed by atoms with Gasteiger partial charge in [0.2, 0.25) is 5.91 Å². The van der Waals surface area contributed by atoms with Crippen LogP contribution in [0.3, 0.4) is 0 Å². The summed E-state index contributed by atoms with van der Waals surface area (Å²) in [7, 11) is 0. The number of aryl methyl sites for hydroxylation is 2. The van der Waals surface area contributed by atoms with Gasteiger partial charge >= 0.3 is 0 Å². The summed E-state index contributed by atoms with van der Waals surface area (Å²) in [4.78, 5) is 28.1. The fourth-order valence-corrected chi connectivity index (χ4v) is 5.55. The molecule has 1 aliphatic rings. The van der Waals surface area contributed by atoms with Crippen molar-refractivity contribution in [2.45, 2.75) is 32.2 Å². The van der Waals surface area contributed by atoms with Crippen molar-refractivity contribution in [2.75, 3.05) is 36.8 Å². The van der Waals surface area contributed by atoms with E-state index in [1.54, 1.807) is 29.4 Å². The molecule has 1 aliphatic heterocycles. The third kappa shape index (κ3) is 4.41. The highest BCUT2D eigenvalue weighted by Gasteiger charge is 2.22. The van der Waals surface area contributed by atoms with Crippen LogP contribution in [0.1, 0.15) is 22.4 Å². The lowest BCUT2D eigenvalue weighted by molar-refractivity contribution is -0.131. The van der Waals surface area contributed by atoms with Crippen molar-refractivity contribution in [3.05, 3.63) is 46.6 Å². The predicted octanol–water partition coefficient (Wildman–Crippen LogP) is 4.45. The lowest BCUT2D eigenvalue weighted by Gasteiger charge is -2.37. The molecular weight excluding hydrogens is 400 g/mol. The van der Waals surface area contributed by atoms with Crippen molar-refractivity contribution >= 4 is 44.9 Å². The fourth-order valence-electron chi connectivity index (χ4n) is 3.74. The van der Waals surface area contributed by atoms with Gasteiger partial charge in [0.15, 0.2) is 0 Å². The van der Waals surface area contributed by atoms with Crippen LogP contribution in [-0.2, 0) is 4.79 Å². The first-order valence-electron chi connectivity index (χ1n) is 9.96. The van der Waals surface area contributed by atoms with Gasteiger partial charge in [0.05, 0.1) is 0 Å². The van der Waals surface area contributed by atoms with Crippen LogP contribution in [0.25, 0.3) is 10.2 Å². The second-order valence-electron chi connectivity index (χ2n) is 7.44. The van der Waals surface area contributed by atoms with E-state index < -0.39 is 0 Å². The molecule has 7 heteroatoms. The average Bonchev–Trinajstić information content (AvgIpc) is 3.11. The fraction of sp³-hybridized carbons (Fsp3) is 0.409. The minimum absolute atomic E-state index is 0.241. The Labute approximate surface area is 180 Å². The Morgan fingerprint density at radius 2 is 1.93 bits per heavy atom. The quantitative estimate of drug-likeness (QED) is 0.446. The third-order valence-corrected chi connectivity index (χ3v) is 7.49. The summed E-state index contributed by atoms with van der Waals surface area (Å²) in [5.74, 6) is 0.988. The summed E-state index contributed by atoms with van der Waals surface area (Å²) in [6, 6.07) is 8.59. The van der Waals surface area contributed by atoms with Gasteiger partial charge in [-0.2, -0.15) is 0 Å². The van der Waals surface area contributed by atoms with E-state index in [-0.39, 0.29) is 5.91 Å². The number of amides is 1. The molecule has 0 atom stereocenters. The van der Waals surface area contributed by atoms with E-state index in [2.05, 4.69) is 59.9 Å². The molecule has 0 unspecified atom stereocenters. The Hall–Kier alpha value is -2.12. The molecule has 3 heterocycles. The topological polar surface area (TPSA) is 49.3 Å². The highest BCUT2D eigenvalue weighted by Crippen LogP contribution is 2.30. The maximum Gasteiger partial charge on any atom is 0.223 e. The van der Waals surface area contributed by atoms with Gasteiger partial charge < -0.3 is 9.80 Å². The van der Waals surface area contributed by atoms with Gasteiger partial charge in [0.1, 0.15) is 16.2 Å². The third-order valence-electron chi connectivity index (χ3n) is 5.52. The molecule has 2 aromatic heterocycles. The van der Waals surface area contributed by atoms with E-state index in [1.807, 2.05) is 4.90 Å². The van der Waals surface area contributed by atoms with Crippen LogP contribution in [-0.4, -0.2) is 52.7 Å². The van der Waals surface area contributed by atoms with Crippen LogP contribution in [0, 0.1) is 20.8 Å². The number of hydrogen-bond donors (Lipinski definition) is 0. The van der Waals surface area contributed by atoms with Crippen molar-refractivity contribution in [1.82, 2.24) is 14.9 Å². The summed E-state index contributed by atoms with van der Waals surface area (Å²) in [6.07, 6.45) is 2.16. The molecule has 152 valence electrons. The molecular formula is C22H26N4OS2. The first-order valence-corrected chi connectivity index (χ1v) is 11.8. The van der Waals surface area contributed by atoms with E-state index in [1.165, 1.54) is 21.7 Å². The van der Waals surface area contributed by atoms with E-state index in [0.29, 0.717) is 6.42 Å². The minimum Gasteiger partial charge on any atom is -0.368 e. The number of thiophene rings is 1. The Morgan fingerprint density at radius 3 is 2.72 bits per heavy atom. The van der Waals surface area contributed by atoms with Crippen molar-refractivity contribution in [1.29, 1.82) is 0 Å². The summed E-state index contributed by atoms with van der Waals surface area (Å²) < 4.78 is 0. The first kappa shape index (κ1) is 20.2. The molecule has 4 rings (SSSR count). The van der Waals surface area contributed by atoms with E-state index in [9.17, 15) is 4.79 Å². The molecule has 1 aromatic carbocycles. The number of rotatable bonds is 5. The first-order chi connectivity index (χ1) is 14.0. The smallest absolute Gasteiger partial charge is 0.223 e. The highest BCUT2D eigenvalue weighted by molar-refractivity contribution is 7.99. The zero-order chi connectivity index (χ0) is 20.4. The number of aromatic nitrogens is 2. The maximum atomic E-state index is 12.7. The van der Waals surface area contributed by atoms with Crippen LogP contribution in [0.5, 0.6) is 0 Å². The monoisotopic (exact) mass is 426 g/mol. The Morgan fingerprint density at radius 1 is 1.14 bits per heavy atom. The van der Waals surface area contributed by atoms with Crippen LogP contribution < -0.4 is 4.90 Å². The molecule has 5 nitrogen and oxygen atoms in total. The number of thioether (sulfide) groups is 1. The standard InChI is InChI=1S/C22H26N4OS2/c1-15-5-4-6-19(17(15)3)25-8-10-26(11-9-25)20(27)7-12-28-21-18-13-16(2)29-22(18)24-14-23-21/h4-6,13-14H,7-12H2,1-3H3. The summed E-state index contributed by atoms with van der Waals surface area (Å²) in [5, 5.41) is 2.08. The molecule has 1 amide bonds. The molecule has 0 spiro atoms. The van der Waals surface area contributed by atoms with Gasteiger partial charge in [-0.3, -0.25) is 4.79 Å². The van der Waals surface area contributed by atoms with Gasteiger partial charge in [-0.25, -0.2) is 9.97 Å². The Bertz CT molecular complexity index is 1020. The molecule has 1 saturated heterocycles. The van der Waals surface area contributed by atoms with E-state index in [0.717, 1.165) is 47.2 Å². The predicted molar refractivity (Wildman–Crippen MR) is 122 cm³/mol. The Balaban J connectivity index is 1.29. The lowest BCUT2D eigenvalue weighted by atomic mass is 10.1. The van der Waals surface area contributed by atoms with Crippen LogP contribution in [0.2, 0.25) is 0 Å². The van der Waals surface area contributed by atoms with Gasteiger partial charge in [-0.1, -0.05) is 12.1 Å². The van der Waals surface area contributed by atoms with Gasteiger partial charge in [0.25, 0.3) is 0 Å². The van der Waals surface area contributed by atoms with Crippen LogP contribution in [0.4, 0.5) is 5.69 Å². The molecule has 29 heavy (non-hydrogen) atoms. The van der Waals surface area contributed by atoms with Gasteiger partial charge in [-0.15, -0.1) is 23.1 Å². The zero-order valence-electron chi connectivity index (χ0n) is 17.1. The highest BCUT2D eigenvalue weighted by atomic mass is 32.2. The maximum absolute atomic E-state index is 12.7. The lowest BCUT2D eigenvalue weighted by Crippen LogP contribution is -2.49. The molecule has 0 aliphatic carbocycles. The largest absolute Gasteiger partial charge is 0.368 e. The SMILES string of the molecule is Cc1cc2c(SCCC(=O)N3CCN(c4cccc(C)c4C)CC3)ncnc2s1. The minimum atomic E-state index is 0.241. The number of anilines is 1. The summed E-state index contributed by atoms with van der Waals surface area (Å²) >= 11 is 3.34. The number of carbonyl (C=O) groups excluding carboxylic acids is 1. The number of hydrogen-bond acceptors (Lipinski definition) is 6. The average molecular weight is 427 g/mol. The van der Waals surface area contributed by atoms with E-state index in [4.69, 9.17) is 0 Å². The molecule has 0 bridgehead atoms. The van der Waals surface area contributed by atoms with Crippen molar-refractivity contribution in [2.24, 2.45) is 0 Å². The molecule has 0 N–H and O–H groups in total. The number of carbonyl (C=O) groups is 1. The second-order valence-corrected chi connectivity index (χ2v) is 9.76. The Kier molecular flexibility index (Phi) is 6.06. The summed E-state index contributed by atoms with van der Waals surface area (Å²) in [5.41, 5.74) is 3.95. The second kappa shape index (κ2) is 8.71. The number of nitrogens with zero attached hydrogens (tertiary/aromatic N) is 4. The molecule has 0 saturated carbocycles. The number of fused-ring (bicyclic) bond motifs is 1. The van der Waals surface area contributed by atoms with Crippen molar-refractivity contribution < 1.29 is 4.79 Å². The van der Waals surface area contributed by atoms with E-state index >= 15 is 0 Å². The van der Waals surface area contributed by atoms with Crippen molar-refractivity contribution in [3.63, 3.8) is 0 Å². The molecule has 0 radical (unpaired) electrons. The molecule has 1 fully saturated rings. The molecule has 3 aromatic rings. The summed E-state index contributed by atoms with van der Waals surface area (Å²) in [6.45, 7) is 9.78. The zero-order valence-corrected chi connectivity index (χ0v) is 18.8. The van der Waals surface area contributed by atoms with Gasteiger partial charge in [0, 0.05) is 54.3 Å². The van der Waals surface area contributed by atoms with Crippen LogP contribution in [0.15, 0.2) is 35.6 Å². The van der Waals surface area contributed by atoms with Crippen LogP contribution >= 0.6 is 23.1 Å². The number of piperazine rings is 1. The normalized spacial score (nSPS) is 14.6.